The van der Waals surface area contributed by atoms with Gasteiger partial charge < -0.3 is 19.5 Å². The number of ketones is 2. The van der Waals surface area contributed by atoms with Gasteiger partial charge >= 0.3 is 5.97 Å². The second kappa shape index (κ2) is 10.6. The lowest BCUT2D eigenvalue weighted by atomic mass is 9.79. The van der Waals surface area contributed by atoms with E-state index in [9.17, 15) is 19.5 Å². The molecule has 0 saturated heterocycles. The highest BCUT2D eigenvalue weighted by Crippen LogP contribution is 2.36. The Bertz CT molecular complexity index is 1600. The van der Waals surface area contributed by atoms with Crippen LogP contribution in [0.5, 0.6) is 0 Å². The van der Waals surface area contributed by atoms with E-state index in [4.69, 9.17) is 9.47 Å². The zero-order valence-corrected chi connectivity index (χ0v) is 21.3. The van der Waals surface area contributed by atoms with Crippen molar-refractivity contribution in [2.45, 2.75) is 19.1 Å². The van der Waals surface area contributed by atoms with Gasteiger partial charge in [0.1, 0.15) is 0 Å². The predicted molar refractivity (Wildman–Crippen MR) is 143 cm³/mol. The number of nitrogens with zero attached hydrogens (tertiary/aromatic N) is 3. The average molecular weight is 524 g/mol. The van der Waals surface area contributed by atoms with Crippen LogP contribution in [0.3, 0.4) is 0 Å². The van der Waals surface area contributed by atoms with Crippen LogP contribution in [0.15, 0.2) is 102 Å². The molecule has 1 atom stereocenters. The van der Waals surface area contributed by atoms with Crippen LogP contribution in [0, 0.1) is 0 Å². The van der Waals surface area contributed by atoms with Gasteiger partial charge in [-0.15, -0.1) is 0 Å². The van der Waals surface area contributed by atoms with E-state index in [1.54, 1.807) is 60.7 Å². The number of carbonyl (C=O) groups is 3. The van der Waals surface area contributed by atoms with Crippen molar-refractivity contribution in [1.82, 2.24) is 9.97 Å². The number of aliphatic hydroxyl groups is 1. The van der Waals surface area contributed by atoms with E-state index in [0.29, 0.717) is 28.9 Å². The zero-order chi connectivity index (χ0) is 27.6. The number of aliphatic hydroxyl groups excluding tert-OH is 1. The summed E-state index contributed by atoms with van der Waals surface area (Å²) in [5.41, 5.74) is 1.65. The number of hydrogen-bond donors (Lipinski definition) is 1. The molecule has 9 heteroatoms. The highest BCUT2D eigenvalue weighted by atomic mass is 16.6. The molecule has 0 amide bonds. The number of allylic oxidation sites excluding steroid dienone is 3. The smallest absolute Gasteiger partial charge is 0.360 e. The Hall–Kier alpha value is -4.73. The fourth-order valence-electron chi connectivity index (χ4n) is 4.31. The summed E-state index contributed by atoms with van der Waals surface area (Å²) in [5.74, 6) is -2.24. The maximum Gasteiger partial charge on any atom is 0.360 e. The van der Waals surface area contributed by atoms with Gasteiger partial charge in [-0.3, -0.25) is 14.6 Å². The maximum atomic E-state index is 13.7. The number of esters is 1. The van der Waals surface area contributed by atoms with Crippen LogP contribution < -0.4 is 4.90 Å². The predicted octanol–water partition coefficient (Wildman–Crippen LogP) is 3.61. The Labute approximate surface area is 224 Å². The summed E-state index contributed by atoms with van der Waals surface area (Å²) in [6.45, 7) is 1.56. The van der Waals surface area contributed by atoms with Crippen LogP contribution in [0.25, 0.3) is 11.0 Å². The molecular formula is C30H25N3O6. The number of aromatic nitrogens is 2. The van der Waals surface area contributed by atoms with E-state index < -0.39 is 23.1 Å². The summed E-state index contributed by atoms with van der Waals surface area (Å²) in [7, 11) is 1.58. The van der Waals surface area contributed by atoms with Crippen LogP contribution in [-0.4, -0.2) is 51.9 Å². The monoisotopic (exact) mass is 523 g/mol. The minimum Gasteiger partial charge on any atom is -0.438 e. The van der Waals surface area contributed by atoms with Crippen molar-refractivity contribution >= 4 is 34.3 Å². The van der Waals surface area contributed by atoms with Crippen LogP contribution >= 0.6 is 0 Å². The molecule has 2 aromatic carbocycles. The fourth-order valence-corrected chi connectivity index (χ4v) is 4.31. The average Bonchev–Trinajstić information content (AvgIpc) is 2.96. The third-order valence-electron chi connectivity index (χ3n) is 6.49. The molecule has 1 aliphatic heterocycles. The molecule has 5 rings (SSSR count). The number of methoxy groups -OCH3 is 1. The normalized spacial score (nSPS) is 19.1. The van der Waals surface area contributed by atoms with E-state index in [2.05, 4.69) is 9.97 Å². The van der Waals surface area contributed by atoms with Gasteiger partial charge in [-0.25, -0.2) is 9.78 Å². The molecule has 0 radical (unpaired) electrons. The minimum absolute atomic E-state index is 0.101. The van der Waals surface area contributed by atoms with E-state index >= 15 is 0 Å². The molecular weight excluding hydrogens is 498 g/mol. The second-order valence-electron chi connectivity index (χ2n) is 9.12. The van der Waals surface area contributed by atoms with Gasteiger partial charge in [0.15, 0.2) is 5.69 Å². The maximum absolute atomic E-state index is 13.7. The Morgan fingerprint density at radius 3 is 2.54 bits per heavy atom. The number of hydrogen-bond acceptors (Lipinski definition) is 9. The van der Waals surface area contributed by atoms with Gasteiger partial charge in [-0.05, 0) is 60.6 Å². The van der Waals surface area contributed by atoms with Crippen LogP contribution in [-0.2, 0) is 25.7 Å². The molecule has 3 aromatic rings. The minimum atomic E-state index is -2.08. The summed E-state index contributed by atoms with van der Waals surface area (Å²) in [5, 5.41) is 9.42. The topological polar surface area (TPSA) is 119 Å². The first-order valence-corrected chi connectivity index (χ1v) is 12.2. The fraction of sp³-hybridized carbons (Fsp3) is 0.167. The number of fused-ring (bicyclic) bond motifs is 2. The SMILES string of the molecule is COC/C=C/C1=CC2=CC(=O)C(C)(OC(=O)c3cnc4ccccc4n3)C(=O)C2=CN1c1ccc(CO)cc1. The summed E-state index contributed by atoms with van der Waals surface area (Å²) < 4.78 is 10.7. The first kappa shape index (κ1) is 25.9. The summed E-state index contributed by atoms with van der Waals surface area (Å²) in [6.07, 6.45) is 9.52. The van der Waals surface area contributed by atoms with Gasteiger partial charge in [-0.2, -0.15) is 0 Å². The molecule has 2 aliphatic rings. The van der Waals surface area contributed by atoms with Gasteiger partial charge in [-0.1, -0.05) is 30.3 Å². The summed E-state index contributed by atoms with van der Waals surface area (Å²) in [6, 6.07) is 14.2. The van der Waals surface area contributed by atoms with Crippen LogP contribution in [0.4, 0.5) is 5.69 Å². The number of benzene rings is 2. The molecule has 2 heterocycles. The number of para-hydroxylation sites is 2. The summed E-state index contributed by atoms with van der Waals surface area (Å²) >= 11 is 0. The largest absolute Gasteiger partial charge is 0.438 e. The number of ether oxygens (including phenoxy) is 2. The third-order valence-corrected chi connectivity index (χ3v) is 6.49. The molecule has 9 nitrogen and oxygen atoms in total. The molecule has 1 N–H and O–H groups in total. The molecule has 0 bridgehead atoms. The van der Waals surface area contributed by atoms with Crippen molar-refractivity contribution in [3.63, 3.8) is 0 Å². The Morgan fingerprint density at radius 2 is 1.82 bits per heavy atom. The molecule has 196 valence electrons. The first-order valence-electron chi connectivity index (χ1n) is 12.2. The van der Waals surface area contributed by atoms with Crippen molar-refractivity contribution in [3.8, 4) is 0 Å². The molecule has 0 fully saturated rings. The number of carbonyl (C=O) groups excluding carboxylic acids is 3. The Kier molecular flexibility index (Phi) is 7.02. The van der Waals surface area contributed by atoms with E-state index in [1.165, 1.54) is 19.2 Å². The molecule has 0 spiro atoms. The van der Waals surface area contributed by atoms with Crippen molar-refractivity contribution in [3.05, 3.63) is 113 Å². The van der Waals surface area contributed by atoms with E-state index in [0.717, 1.165) is 11.3 Å². The van der Waals surface area contributed by atoms with Crippen molar-refractivity contribution in [2.24, 2.45) is 0 Å². The third kappa shape index (κ3) is 4.93. The number of Topliss-reactive ketones (excluding diaryl/α,β-unsaturated/α-hetero) is 1. The molecule has 1 aromatic heterocycles. The molecule has 0 saturated carbocycles. The number of anilines is 1. The Balaban J connectivity index is 1.50. The molecule has 1 unspecified atom stereocenters. The van der Waals surface area contributed by atoms with Crippen molar-refractivity contribution < 1.29 is 29.0 Å². The highest BCUT2D eigenvalue weighted by Gasteiger charge is 2.49. The second-order valence-corrected chi connectivity index (χ2v) is 9.12. The molecule has 1 aliphatic carbocycles. The van der Waals surface area contributed by atoms with Crippen molar-refractivity contribution in [2.75, 3.05) is 18.6 Å². The first-order chi connectivity index (χ1) is 18.8. The van der Waals surface area contributed by atoms with E-state index in [-0.39, 0.29) is 17.9 Å². The van der Waals surface area contributed by atoms with Gasteiger partial charge in [0.05, 0.1) is 30.4 Å². The van der Waals surface area contributed by atoms with Crippen LogP contribution in [0.2, 0.25) is 0 Å². The lowest BCUT2D eigenvalue weighted by Gasteiger charge is -2.34. The molecule has 39 heavy (non-hydrogen) atoms. The van der Waals surface area contributed by atoms with Crippen molar-refractivity contribution in [1.29, 1.82) is 0 Å². The van der Waals surface area contributed by atoms with Gasteiger partial charge in [0.25, 0.3) is 0 Å². The Morgan fingerprint density at radius 1 is 1.08 bits per heavy atom. The zero-order valence-electron chi connectivity index (χ0n) is 21.3. The van der Waals surface area contributed by atoms with E-state index in [1.807, 2.05) is 24.3 Å². The summed E-state index contributed by atoms with van der Waals surface area (Å²) in [4.78, 5) is 50.2. The standard InChI is InChI=1S/C30H25N3O6/c1-30(39-29(37)26-16-31-24-7-3-4-8-25(24)32-26)27(35)15-20-14-22(6-5-13-38-2)33(17-23(20)28(30)36)21-11-9-19(18-34)10-12-21/h3-12,14-17,34H,13,18H2,1-2H3/b6-5+. The quantitative estimate of drug-likeness (QED) is 0.366. The highest BCUT2D eigenvalue weighted by molar-refractivity contribution is 6.27. The lowest BCUT2D eigenvalue weighted by molar-refractivity contribution is -0.145. The van der Waals surface area contributed by atoms with Gasteiger partial charge in [0.2, 0.25) is 17.2 Å². The van der Waals surface area contributed by atoms with Crippen LogP contribution in [0.1, 0.15) is 23.0 Å². The number of rotatable bonds is 7. The lowest BCUT2D eigenvalue weighted by Crippen LogP contribution is -2.51. The van der Waals surface area contributed by atoms with Gasteiger partial charge in [0, 0.05) is 30.3 Å².